The molecule has 0 bridgehead atoms. The molecule has 0 amide bonds. The van der Waals surface area contributed by atoms with Gasteiger partial charge < -0.3 is 15.4 Å². The minimum atomic E-state index is -4.43. The molecule has 4 aromatic rings. The molecule has 202 valence electrons. The fourth-order valence-electron chi connectivity index (χ4n) is 4.04. The van der Waals surface area contributed by atoms with E-state index in [1.165, 1.54) is 0 Å². The van der Waals surface area contributed by atoms with E-state index in [1.807, 2.05) is 36.9 Å². The average Bonchev–Trinajstić information content (AvgIpc) is 3.45. The Morgan fingerprint density at radius 2 is 1.97 bits per heavy atom. The van der Waals surface area contributed by atoms with Crippen LogP contribution >= 0.6 is 0 Å². The molecule has 0 saturated heterocycles. The monoisotopic (exact) mass is 536 g/mol. The zero-order valence-corrected chi connectivity index (χ0v) is 21.4. The molecule has 0 aromatic carbocycles. The third kappa shape index (κ3) is 6.70. The number of hydrogen-bond donors (Lipinski definition) is 2. The maximum absolute atomic E-state index is 13.1. The first-order chi connectivity index (χ1) is 18.7. The highest BCUT2D eigenvalue weighted by atomic mass is 19.4. The first-order valence-electron chi connectivity index (χ1n) is 12.5. The van der Waals surface area contributed by atoms with E-state index in [4.69, 9.17) is 4.74 Å². The summed E-state index contributed by atoms with van der Waals surface area (Å²) in [6.45, 7) is 2.96. The van der Waals surface area contributed by atoms with Gasteiger partial charge in [0.25, 0.3) is 0 Å². The number of ether oxygens (including phenoxy) is 1. The van der Waals surface area contributed by atoms with Crippen LogP contribution in [0.15, 0.2) is 72.7 Å². The maximum atomic E-state index is 13.1. The molecular weight excluding hydrogens is 509 g/mol. The van der Waals surface area contributed by atoms with Gasteiger partial charge in [-0.25, -0.2) is 15.0 Å². The van der Waals surface area contributed by atoms with Gasteiger partial charge in [0.1, 0.15) is 12.1 Å². The van der Waals surface area contributed by atoms with Crippen molar-refractivity contribution in [2.75, 3.05) is 23.7 Å². The fraction of sp³-hybridized carbons (Fsp3) is 0.296. The second-order valence-corrected chi connectivity index (χ2v) is 9.26. The lowest BCUT2D eigenvalue weighted by molar-refractivity contribution is -0.115. The third-order valence-electron chi connectivity index (χ3n) is 5.86. The standard InChI is InChI=1S/C27H27F3N8O/c1-17(2)39-23-11-6-19(15-31-23)21-9-10-22-24(35-21)25(33-16-27(28,29)30)37-26(36-22)32-14-18-4-7-20(8-5-18)38-13-3-12-34-38/h3-7,9-13,15,17,20H,8,14,16H2,1-2H3,(H2,32,33,36,37). The molecule has 1 aliphatic carbocycles. The molecule has 1 atom stereocenters. The molecule has 39 heavy (non-hydrogen) atoms. The van der Waals surface area contributed by atoms with Crippen LogP contribution in [-0.4, -0.2) is 55.1 Å². The Hall–Kier alpha value is -4.48. The normalized spacial score (nSPS) is 15.4. The Morgan fingerprint density at radius 1 is 1.10 bits per heavy atom. The van der Waals surface area contributed by atoms with Crippen molar-refractivity contribution in [3.8, 4) is 17.1 Å². The first kappa shape index (κ1) is 26.1. The Balaban J connectivity index is 1.37. The van der Waals surface area contributed by atoms with Crippen LogP contribution in [0.25, 0.3) is 22.3 Å². The van der Waals surface area contributed by atoms with Crippen molar-refractivity contribution in [3.63, 3.8) is 0 Å². The van der Waals surface area contributed by atoms with Crippen LogP contribution in [-0.2, 0) is 0 Å². The SMILES string of the molecule is CC(C)Oc1ccc(-c2ccc3nc(NCC4=CCC(n5cccn5)C=C4)nc(NCC(F)(F)F)c3n2)cn1. The first-order valence-corrected chi connectivity index (χ1v) is 12.5. The van der Waals surface area contributed by atoms with Gasteiger partial charge in [0, 0.05) is 36.8 Å². The van der Waals surface area contributed by atoms with E-state index in [1.54, 1.807) is 36.7 Å². The lowest BCUT2D eigenvalue weighted by Gasteiger charge is -2.17. The lowest BCUT2D eigenvalue weighted by Crippen LogP contribution is -2.22. The molecule has 5 rings (SSSR count). The van der Waals surface area contributed by atoms with Crippen LogP contribution in [0.1, 0.15) is 26.3 Å². The van der Waals surface area contributed by atoms with Gasteiger partial charge in [0.05, 0.1) is 23.4 Å². The molecule has 4 heterocycles. The van der Waals surface area contributed by atoms with E-state index in [0.29, 0.717) is 29.2 Å². The van der Waals surface area contributed by atoms with E-state index in [0.717, 1.165) is 12.0 Å². The minimum Gasteiger partial charge on any atom is -0.475 e. The fourth-order valence-corrected chi connectivity index (χ4v) is 4.04. The van der Waals surface area contributed by atoms with Crippen molar-refractivity contribution < 1.29 is 17.9 Å². The Bertz CT molecular complexity index is 1480. The van der Waals surface area contributed by atoms with Gasteiger partial charge in [-0.05, 0) is 50.1 Å². The summed E-state index contributed by atoms with van der Waals surface area (Å²) in [5.41, 5.74) is 2.85. The van der Waals surface area contributed by atoms with Crippen LogP contribution in [0.4, 0.5) is 24.9 Å². The molecule has 12 heteroatoms. The number of aromatic nitrogens is 6. The van der Waals surface area contributed by atoms with Crippen LogP contribution in [0, 0.1) is 0 Å². The number of halogens is 3. The summed E-state index contributed by atoms with van der Waals surface area (Å²) in [7, 11) is 0. The smallest absolute Gasteiger partial charge is 0.405 e. The van der Waals surface area contributed by atoms with E-state index >= 15 is 0 Å². The number of alkyl halides is 3. The van der Waals surface area contributed by atoms with Gasteiger partial charge in [-0.15, -0.1) is 0 Å². The van der Waals surface area contributed by atoms with Crippen LogP contribution < -0.4 is 15.4 Å². The summed E-state index contributed by atoms with van der Waals surface area (Å²) in [4.78, 5) is 17.7. The molecular formula is C27H27F3N8O. The molecule has 0 spiro atoms. The number of pyridine rings is 2. The summed E-state index contributed by atoms with van der Waals surface area (Å²) in [6, 6.07) is 8.99. The number of rotatable bonds is 9. The van der Waals surface area contributed by atoms with Crippen molar-refractivity contribution in [1.29, 1.82) is 0 Å². The van der Waals surface area contributed by atoms with Gasteiger partial charge in [0.2, 0.25) is 11.8 Å². The molecule has 2 N–H and O–H groups in total. The Morgan fingerprint density at radius 3 is 2.64 bits per heavy atom. The summed E-state index contributed by atoms with van der Waals surface area (Å²) in [6.07, 6.45) is 7.72. The van der Waals surface area contributed by atoms with Gasteiger partial charge in [-0.3, -0.25) is 4.68 Å². The molecule has 9 nitrogen and oxygen atoms in total. The molecule has 0 radical (unpaired) electrons. The quantitative estimate of drug-likeness (QED) is 0.286. The number of hydrogen-bond acceptors (Lipinski definition) is 8. The lowest BCUT2D eigenvalue weighted by atomic mass is 10.0. The summed E-state index contributed by atoms with van der Waals surface area (Å²) in [5, 5.41) is 9.78. The predicted molar refractivity (Wildman–Crippen MR) is 142 cm³/mol. The van der Waals surface area contributed by atoms with Crippen LogP contribution in [0.2, 0.25) is 0 Å². The van der Waals surface area contributed by atoms with E-state index in [2.05, 4.69) is 47.8 Å². The summed E-state index contributed by atoms with van der Waals surface area (Å²) in [5.74, 6) is 0.657. The number of allylic oxidation sites excluding steroid dienone is 2. The van der Waals surface area contributed by atoms with E-state index in [-0.39, 0.29) is 29.4 Å². The van der Waals surface area contributed by atoms with Crippen molar-refractivity contribution in [2.24, 2.45) is 0 Å². The highest BCUT2D eigenvalue weighted by molar-refractivity contribution is 5.88. The zero-order chi connectivity index (χ0) is 27.4. The highest BCUT2D eigenvalue weighted by Gasteiger charge is 2.27. The number of nitrogens with one attached hydrogen (secondary N) is 2. The summed E-state index contributed by atoms with van der Waals surface area (Å²) < 4.78 is 46.6. The van der Waals surface area contributed by atoms with Crippen molar-refractivity contribution in [3.05, 3.63) is 72.7 Å². The molecule has 4 aromatic heterocycles. The molecule has 0 saturated carbocycles. The zero-order valence-electron chi connectivity index (χ0n) is 21.4. The topological polar surface area (TPSA) is 103 Å². The molecule has 1 aliphatic rings. The second-order valence-electron chi connectivity index (χ2n) is 9.26. The number of fused-ring (bicyclic) bond motifs is 1. The van der Waals surface area contributed by atoms with Crippen molar-refractivity contribution >= 4 is 22.8 Å². The summed E-state index contributed by atoms with van der Waals surface area (Å²) >= 11 is 0. The number of anilines is 2. The number of nitrogens with zero attached hydrogens (tertiary/aromatic N) is 6. The predicted octanol–water partition coefficient (Wildman–Crippen LogP) is 5.58. The third-order valence-corrected chi connectivity index (χ3v) is 5.86. The van der Waals surface area contributed by atoms with Crippen molar-refractivity contribution in [2.45, 2.75) is 38.6 Å². The van der Waals surface area contributed by atoms with Gasteiger partial charge in [-0.1, -0.05) is 18.2 Å². The molecule has 1 unspecified atom stereocenters. The second kappa shape index (κ2) is 11.1. The highest BCUT2D eigenvalue weighted by Crippen LogP contribution is 2.27. The Labute approximate surface area is 222 Å². The molecule has 0 fully saturated rings. The largest absolute Gasteiger partial charge is 0.475 e. The van der Waals surface area contributed by atoms with Gasteiger partial charge >= 0.3 is 6.18 Å². The maximum Gasteiger partial charge on any atom is 0.405 e. The van der Waals surface area contributed by atoms with Gasteiger partial charge in [-0.2, -0.15) is 23.3 Å². The molecule has 0 aliphatic heterocycles. The van der Waals surface area contributed by atoms with E-state index < -0.39 is 12.7 Å². The van der Waals surface area contributed by atoms with Gasteiger partial charge in [0.15, 0.2) is 5.82 Å². The van der Waals surface area contributed by atoms with Crippen LogP contribution in [0.3, 0.4) is 0 Å². The Kier molecular flexibility index (Phi) is 7.44. The van der Waals surface area contributed by atoms with Crippen LogP contribution in [0.5, 0.6) is 5.88 Å². The average molecular weight is 537 g/mol. The minimum absolute atomic E-state index is 0.0127. The van der Waals surface area contributed by atoms with Crippen molar-refractivity contribution in [1.82, 2.24) is 29.7 Å². The van der Waals surface area contributed by atoms with E-state index in [9.17, 15) is 13.2 Å².